The van der Waals surface area contributed by atoms with Crippen LogP contribution in [0.1, 0.15) is 36.2 Å². The van der Waals surface area contributed by atoms with Crippen LogP contribution in [0, 0.1) is 0 Å². The third kappa shape index (κ3) is 3.85. The van der Waals surface area contributed by atoms with Gasteiger partial charge in [0.2, 0.25) is 0 Å². The molecule has 4 heteroatoms. The molecule has 4 nitrogen and oxygen atoms in total. The molecule has 0 fully saturated rings. The number of hydrogen-bond donors (Lipinski definition) is 1. The topological polar surface area (TPSA) is 56.7 Å². The van der Waals surface area contributed by atoms with Crippen LogP contribution in [0.5, 0.6) is 0 Å². The normalized spacial score (nSPS) is 12.3. The van der Waals surface area contributed by atoms with Crippen LogP contribution >= 0.6 is 0 Å². The van der Waals surface area contributed by atoms with E-state index in [4.69, 9.17) is 5.73 Å². The summed E-state index contributed by atoms with van der Waals surface area (Å²) in [6.45, 7) is 2.09. The Kier molecular flexibility index (Phi) is 4.83. The van der Waals surface area contributed by atoms with Crippen molar-refractivity contribution in [3.63, 3.8) is 0 Å². The van der Waals surface area contributed by atoms with Gasteiger partial charge in [0.1, 0.15) is 0 Å². The molecule has 2 aromatic carbocycles. The van der Waals surface area contributed by atoms with Crippen LogP contribution in [-0.2, 0) is 12.8 Å². The van der Waals surface area contributed by atoms with Crippen molar-refractivity contribution < 1.29 is 0 Å². The lowest BCUT2D eigenvalue weighted by Gasteiger charge is -2.09. The molecule has 23 heavy (non-hydrogen) atoms. The van der Waals surface area contributed by atoms with Crippen LogP contribution in [0.15, 0.2) is 60.8 Å². The highest BCUT2D eigenvalue weighted by Gasteiger charge is 2.06. The second-order valence-corrected chi connectivity index (χ2v) is 5.75. The van der Waals surface area contributed by atoms with Crippen molar-refractivity contribution in [2.75, 3.05) is 0 Å². The van der Waals surface area contributed by atoms with Gasteiger partial charge in [-0.15, -0.1) is 5.10 Å². The molecule has 1 unspecified atom stereocenters. The molecule has 0 saturated heterocycles. The van der Waals surface area contributed by atoms with Crippen LogP contribution in [0.25, 0.3) is 5.69 Å². The largest absolute Gasteiger partial charge is 0.324 e. The summed E-state index contributed by atoms with van der Waals surface area (Å²) >= 11 is 0. The predicted octanol–water partition coefficient (Wildman–Crippen LogP) is 3.46. The molecule has 1 aromatic heterocycles. The number of aromatic nitrogens is 3. The summed E-state index contributed by atoms with van der Waals surface area (Å²) in [5, 5.41) is 8.50. The fourth-order valence-corrected chi connectivity index (χ4v) is 2.57. The summed E-state index contributed by atoms with van der Waals surface area (Å²) in [6.07, 6.45) is 4.80. The lowest BCUT2D eigenvalue weighted by atomic mass is 10.1. The first-order valence-corrected chi connectivity index (χ1v) is 8.07. The quantitative estimate of drug-likeness (QED) is 0.758. The van der Waals surface area contributed by atoms with Crippen molar-refractivity contribution >= 4 is 0 Å². The van der Waals surface area contributed by atoms with E-state index >= 15 is 0 Å². The Bertz CT molecular complexity index is 732. The molecule has 0 radical (unpaired) electrons. The zero-order chi connectivity index (χ0) is 16.1. The Morgan fingerprint density at radius 1 is 1.00 bits per heavy atom. The van der Waals surface area contributed by atoms with Gasteiger partial charge in [-0.3, -0.25) is 0 Å². The minimum Gasteiger partial charge on any atom is -0.324 e. The van der Waals surface area contributed by atoms with Gasteiger partial charge in [0.25, 0.3) is 0 Å². The molecular weight excluding hydrogens is 284 g/mol. The zero-order valence-corrected chi connectivity index (χ0v) is 13.4. The third-order valence-electron chi connectivity index (χ3n) is 4.08. The van der Waals surface area contributed by atoms with E-state index in [9.17, 15) is 0 Å². The van der Waals surface area contributed by atoms with Crippen LogP contribution in [0.3, 0.4) is 0 Å². The summed E-state index contributed by atoms with van der Waals surface area (Å²) in [5.41, 5.74) is 10.5. The van der Waals surface area contributed by atoms with Crippen LogP contribution in [0.4, 0.5) is 0 Å². The van der Waals surface area contributed by atoms with Crippen molar-refractivity contribution in [1.29, 1.82) is 0 Å². The summed E-state index contributed by atoms with van der Waals surface area (Å²) < 4.78 is 1.82. The van der Waals surface area contributed by atoms with Gasteiger partial charge >= 0.3 is 0 Å². The van der Waals surface area contributed by atoms with E-state index in [0.29, 0.717) is 0 Å². The molecule has 3 rings (SSSR count). The van der Waals surface area contributed by atoms with Crippen molar-refractivity contribution in [1.82, 2.24) is 15.0 Å². The molecule has 0 aliphatic heterocycles. The van der Waals surface area contributed by atoms with Gasteiger partial charge in [0.05, 0.1) is 17.6 Å². The first kappa shape index (κ1) is 15.4. The lowest BCUT2D eigenvalue weighted by Crippen LogP contribution is -2.08. The van der Waals surface area contributed by atoms with Crippen molar-refractivity contribution in [2.24, 2.45) is 5.73 Å². The summed E-state index contributed by atoms with van der Waals surface area (Å²) in [7, 11) is 0. The van der Waals surface area contributed by atoms with E-state index in [1.807, 2.05) is 29.1 Å². The van der Waals surface area contributed by atoms with E-state index in [0.717, 1.165) is 36.2 Å². The Labute approximate surface area is 137 Å². The standard InChI is InChI=1S/C19H22N4/c1-2-19(20)16-9-12-18(13-10-16)23-14-17(21-22-23)11-8-15-6-4-3-5-7-15/h3-7,9-10,12-14,19H,2,8,11,20H2,1H3. The van der Waals surface area contributed by atoms with E-state index in [1.54, 1.807) is 0 Å². The smallest absolute Gasteiger partial charge is 0.0835 e. The minimum atomic E-state index is 0.0984. The van der Waals surface area contributed by atoms with Gasteiger partial charge in [-0.05, 0) is 42.5 Å². The second kappa shape index (κ2) is 7.20. The maximum Gasteiger partial charge on any atom is 0.0835 e. The van der Waals surface area contributed by atoms with Gasteiger partial charge in [-0.1, -0.05) is 54.6 Å². The summed E-state index contributed by atoms with van der Waals surface area (Å²) in [4.78, 5) is 0. The van der Waals surface area contributed by atoms with Gasteiger partial charge in [-0.2, -0.15) is 0 Å². The molecule has 0 aliphatic rings. The fraction of sp³-hybridized carbons (Fsp3) is 0.263. The van der Waals surface area contributed by atoms with Crippen molar-refractivity contribution in [2.45, 2.75) is 32.2 Å². The predicted molar refractivity (Wildman–Crippen MR) is 92.4 cm³/mol. The van der Waals surface area contributed by atoms with Crippen molar-refractivity contribution in [3.8, 4) is 5.69 Å². The Hall–Kier alpha value is -2.46. The molecular formula is C19H22N4. The van der Waals surface area contributed by atoms with Crippen molar-refractivity contribution in [3.05, 3.63) is 77.6 Å². The number of aryl methyl sites for hydroxylation is 2. The maximum atomic E-state index is 6.05. The van der Waals surface area contributed by atoms with Gasteiger partial charge in [0.15, 0.2) is 0 Å². The first-order valence-electron chi connectivity index (χ1n) is 8.07. The highest BCUT2D eigenvalue weighted by atomic mass is 15.4. The molecule has 118 valence electrons. The molecule has 0 bridgehead atoms. The van der Waals surface area contributed by atoms with Gasteiger partial charge in [0, 0.05) is 6.04 Å². The molecule has 0 aliphatic carbocycles. The summed E-state index contributed by atoms with van der Waals surface area (Å²) in [5.74, 6) is 0. The zero-order valence-electron chi connectivity index (χ0n) is 13.4. The fourth-order valence-electron chi connectivity index (χ4n) is 2.57. The van der Waals surface area contributed by atoms with E-state index in [-0.39, 0.29) is 6.04 Å². The van der Waals surface area contributed by atoms with E-state index in [1.165, 1.54) is 5.56 Å². The Morgan fingerprint density at radius 2 is 1.74 bits per heavy atom. The number of benzene rings is 2. The Balaban J connectivity index is 1.67. The maximum absolute atomic E-state index is 6.05. The molecule has 0 amide bonds. The molecule has 2 N–H and O–H groups in total. The highest BCUT2D eigenvalue weighted by Crippen LogP contribution is 2.16. The van der Waals surface area contributed by atoms with Crippen LogP contribution in [-0.4, -0.2) is 15.0 Å². The second-order valence-electron chi connectivity index (χ2n) is 5.75. The number of nitrogens with zero attached hydrogens (tertiary/aromatic N) is 3. The van der Waals surface area contributed by atoms with Gasteiger partial charge < -0.3 is 5.73 Å². The minimum absolute atomic E-state index is 0.0984. The number of rotatable bonds is 6. The lowest BCUT2D eigenvalue weighted by molar-refractivity contribution is 0.697. The monoisotopic (exact) mass is 306 g/mol. The molecule has 0 spiro atoms. The third-order valence-corrected chi connectivity index (χ3v) is 4.08. The van der Waals surface area contributed by atoms with Crippen LogP contribution in [0.2, 0.25) is 0 Å². The van der Waals surface area contributed by atoms with E-state index in [2.05, 4.69) is 53.6 Å². The molecule has 1 atom stereocenters. The average molecular weight is 306 g/mol. The number of hydrogen-bond acceptors (Lipinski definition) is 3. The van der Waals surface area contributed by atoms with Crippen LogP contribution < -0.4 is 5.73 Å². The summed E-state index contributed by atoms with van der Waals surface area (Å²) in [6, 6.07) is 18.8. The van der Waals surface area contributed by atoms with E-state index < -0.39 is 0 Å². The first-order chi connectivity index (χ1) is 11.3. The molecule has 0 saturated carbocycles. The average Bonchev–Trinajstić information content (AvgIpc) is 3.09. The molecule has 3 aromatic rings. The highest BCUT2D eigenvalue weighted by molar-refractivity contribution is 5.35. The SMILES string of the molecule is CCC(N)c1ccc(-n2cc(CCc3ccccc3)nn2)cc1. The number of nitrogens with two attached hydrogens (primary N) is 1. The van der Waals surface area contributed by atoms with Gasteiger partial charge in [-0.25, -0.2) is 4.68 Å². The Morgan fingerprint density at radius 3 is 2.43 bits per heavy atom. The molecule has 1 heterocycles.